The highest BCUT2D eigenvalue weighted by molar-refractivity contribution is 7.80. The molecular formula is C9H13N2O3PS. The van der Waals surface area contributed by atoms with E-state index < -0.39 is 13.9 Å². The van der Waals surface area contributed by atoms with Crippen LogP contribution in [0.15, 0.2) is 24.3 Å². The first-order valence-electron chi connectivity index (χ1n) is 4.53. The molecule has 0 aliphatic carbocycles. The van der Waals surface area contributed by atoms with Crippen LogP contribution in [0.2, 0.25) is 0 Å². The van der Waals surface area contributed by atoms with Crippen molar-refractivity contribution in [3.63, 3.8) is 0 Å². The normalized spacial score (nSPS) is 10.9. The van der Waals surface area contributed by atoms with Crippen LogP contribution in [0.25, 0.3) is 0 Å². The molecule has 0 atom stereocenters. The lowest BCUT2D eigenvalue weighted by molar-refractivity contribution is 0.371. The number of thiocarbonyl (C=S) groups is 1. The summed E-state index contributed by atoms with van der Waals surface area (Å²) in [6.45, 7) is 1.97. The molecule has 0 radical (unpaired) electrons. The van der Waals surface area contributed by atoms with E-state index in [0.29, 0.717) is 0 Å². The second-order valence-electron chi connectivity index (χ2n) is 3.32. The van der Waals surface area contributed by atoms with Gasteiger partial charge in [0.15, 0.2) is 5.11 Å². The van der Waals surface area contributed by atoms with Gasteiger partial charge in [0, 0.05) is 5.69 Å². The molecule has 0 aliphatic heterocycles. The van der Waals surface area contributed by atoms with Crippen molar-refractivity contribution in [1.29, 1.82) is 0 Å². The monoisotopic (exact) mass is 260 g/mol. The average molecular weight is 260 g/mol. The summed E-state index contributed by atoms with van der Waals surface area (Å²) in [5, 5.41) is 5.45. The van der Waals surface area contributed by atoms with E-state index in [9.17, 15) is 4.57 Å². The highest BCUT2D eigenvalue weighted by atomic mass is 32.1. The van der Waals surface area contributed by atoms with Crippen LogP contribution in [0, 0.1) is 6.92 Å². The smallest absolute Gasteiger partial charge is 0.344 e. The van der Waals surface area contributed by atoms with E-state index in [1.54, 1.807) is 0 Å². The van der Waals surface area contributed by atoms with E-state index in [4.69, 9.17) is 22.0 Å². The van der Waals surface area contributed by atoms with E-state index in [-0.39, 0.29) is 5.11 Å². The highest BCUT2D eigenvalue weighted by Gasteiger charge is 2.12. The molecule has 0 amide bonds. The maximum Gasteiger partial charge on any atom is 0.344 e. The zero-order valence-electron chi connectivity index (χ0n) is 8.67. The lowest BCUT2D eigenvalue weighted by atomic mass is 10.2. The Kier molecular flexibility index (Phi) is 4.44. The van der Waals surface area contributed by atoms with Gasteiger partial charge in [-0.15, -0.1) is 0 Å². The minimum absolute atomic E-state index is 0.187. The molecule has 5 nitrogen and oxygen atoms in total. The Bertz CT molecular complexity index is 415. The van der Waals surface area contributed by atoms with Crippen LogP contribution in [0.1, 0.15) is 5.56 Å². The van der Waals surface area contributed by atoms with Crippen molar-refractivity contribution in [3.8, 4) is 0 Å². The number of nitrogens with one attached hydrogen (secondary N) is 2. The summed E-state index contributed by atoms with van der Waals surface area (Å²) in [7, 11) is -4.07. The third-order valence-corrected chi connectivity index (χ3v) is 2.57. The van der Waals surface area contributed by atoms with Crippen molar-refractivity contribution in [2.45, 2.75) is 6.92 Å². The van der Waals surface area contributed by atoms with Gasteiger partial charge in [-0.2, -0.15) is 0 Å². The second kappa shape index (κ2) is 5.41. The van der Waals surface area contributed by atoms with Crippen molar-refractivity contribution in [1.82, 2.24) is 5.32 Å². The van der Waals surface area contributed by atoms with Gasteiger partial charge in [0.2, 0.25) is 0 Å². The highest BCUT2D eigenvalue weighted by Crippen LogP contribution is 2.31. The Balaban J connectivity index is 2.46. The SMILES string of the molecule is Cc1ccc(NC(=S)NCP(=O)(O)O)cc1. The zero-order chi connectivity index (χ0) is 12.2. The van der Waals surface area contributed by atoms with Crippen molar-refractivity contribution in [2.75, 3.05) is 11.6 Å². The van der Waals surface area contributed by atoms with E-state index >= 15 is 0 Å². The predicted octanol–water partition coefficient (Wildman–Crippen LogP) is 1.42. The summed E-state index contributed by atoms with van der Waals surface area (Å²) >= 11 is 4.87. The van der Waals surface area contributed by atoms with E-state index in [1.165, 1.54) is 0 Å². The van der Waals surface area contributed by atoms with Crippen molar-refractivity contribution >= 4 is 30.6 Å². The topological polar surface area (TPSA) is 81.6 Å². The summed E-state index contributed by atoms with van der Waals surface area (Å²) in [6.07, 6.45) is -0.468. The lowest BCUT2D eigenvalue weighted by Crippen LogP contribution is -2.29. The van der Waals surface area contributed by atoms with Crippen LogP contribution in [0.5, 0.6) is 0 Å². The first-order chi connectivity index (χ1) is 7.37. The van der Waals surface area contributed by atoms with Crippen molar-refractivity contribution in [3.05, 3.63) is 29.8 Å². The molecule has 16 heavy (non-hydrogen) atoms. The maximum atomic E-state index is 10.6. The van der Waals surface area contributed by atoms with Crippen LogP contribution >= 0.6 is 19.8 Å². The van der Waals surface area contributed by atoms with Gasteiger partial charge < -0.3 is 20.4 Å². The standard InChI is InChI=1S/C9H13N2O3PS/c1-7-2-4-8(5-3-7)11-9(16)10-6-15(12,13)14/h2-5H,6H2,1H3,(H2,10,11,16)(H2,12,13,14). The van der Waals surface area contributed by atoms with Gasteiger partial charge in [-0.05, 0) is 31.3 Å². The quantitative estimate of drug-likeness (QED) is 0.486. The number of aryl methyl sites for hydroxylation is 1. The Morgan fingerprint density at radius 3 is 2.44 bits per heavy atom. The molecule has 0 bridgehead atoms. The minimum atomic E-state index is -4.07. The van der Waals surface area contributed by atoms with Crippen LogP contribution in [-0.4, -0.2) is 21.2 Å². The van der Waals surface area contributed by atoms with Gasteiger partial charge in [0.1, 0.15) is 6.29 Å². The molecule has 0 heterocycles. The molecular weight excluding hydrogens is 247 g/mol. The Morgan fingerprint density at radius 1 is 1.38 bits per heavy atom. The van der Waals surface area contributed by atoms with E-state index in [2.05, 4.69) is 10.6 Å². The summed E-state index contributed by atoms with van der Waals surface area (Å²) in [5.74, 6) is 0. The molecule has 0 fully saturated rings. The molecule has 88 valence electrons. The minimum Gasteiger partial charge on any atom is -0.351 e. The average Bonchev–Trinajstić information content (AvgIpc) is 2.18. The lowest BCUT2D eigenvalue weighted by Gasteiger charge is -2.11. The van der Waals surface area contributed by atoms with Crippen LogP contribution in [0.3, 0.4) is 0 Å². The first-order valence-corrected chi connectivity index (χ1v) is 6.73. The molecule has 7 heteroatoms. The molecule has 0 aromatic heterocycles. The van der Waals surface area contributed by atoms with Crippen LogP contribution in [-0.2, 0) is 4.57 Å². The van der Waals surface area contributed by atoms with Gasteiger partial charge in [0.25, 0.3) is 0 Å². The zero-order valence-corrected chi connectivity index (χ0v) is 10.4. The molecule has 1 rings (SSSR count). The molecule has 0 saturated heterocycles. The van der Waals surface area contributed by atoms with Gasteiger partial charge >= 0.3 is 7.60 Å². The number of benzene rings is 1. The Morgan fingerprint density at radius 2 is 1.94 bits per heavy atom. The molecule has 1 aromatic rings. The summed E-state index contributed by atoms with van der Waals surface area (Å²) in [6, 6.07) is 7.49. The maximum absolute atomic E-state index is 10.6. The fraction of sp³-hybridized carbons (Fsp3) is 0.222. The Hall–Kier alpha value is -0.940. The van der Waals surface area contributed by atoms with Crippen molar-refractivity contribution in [2.24, 2.45) is 0 Å². The number of rotatable bonds is 3. The molecule has 0 unspecified atom stereocenters. The summed E-state index contributed by atoms with van der Waals surface area (Å²) < 4.78 is 10.6. The van der Waals surface area contributed by atoms with Gasteiger partial charge in [-0.1, -0.05) is 17.7 Å². The van der Waals surface area contributed by atoms with Crippen molar-refractivity contribution < 1.29 is 14.4 Å². The number of hydrogen-bond donors (Lipinski definition) is 4. The molecule has 0 saturated carbocycles. The summed E-state index contributed by atoms with van der Waals surface area (Å²) in [5.41, 5.74) is 1.90. The predicted molar refractivity (Wildman–Crippen MR) is 67.4 cm³/mol. The third kappa shape index (κ3) is 5.23. The molecule has 1 aromatic carbocycles. The van der Waals surface area contributed by atoms with Gasteiger partial charge in [-0.3, -0.25) is 4.57 Å². The molecule has 4 N–H and O–H groups in total. The van der Waals surface area contributed by atoms with Crippen LogP contribution in [0.4, 0.5) is 5.69 Å². The molecule has 0 aliphatic rings. The van der Waals surface area contributed by atoms with Crippen LogP contribution < -0.4 is 10.6 Å². The second-order valence-corrected chi connectivity index (χ2v) is 5.37. The largest absolute Gasteiger partial charge is 0.351 e. The number of hydrogen-bond acceptors (Lipinski definition) is 2. The number of anilines is 1. The first kappa shape index (κ1) is 13.1. The third-order valence-electron chi connectivity index (χ3n) is 1.76. The van der Waals surface area contributed by atoms with Gasteiger partial charge in [-0.25, -0.2) is 0 Å². The van der Waals surface area contributed by atoms with E-state index in [0.717, 1.165) is 11.3 Å². The Labute approximate surface area is 99.0 Å². The molecule has 0 spiro atoms. The van der Waals surface area contributed by atoms with E-state index in [1.807, 2.05) is 31.2 Å². The van der Waals surface area contributed by atoms with Gasteiger partial charge in [0.05, 0.1) is 0 Å². The fourth-order valence-electron chi connectivity index (χ4n) is 0.987. The fourth-order valence-corrected chi connectivity index (χ4v) is 1.65. The summed E-state index contributed by atoms with van der Waals surface area (Å²) in [4.78, 5) is 17.3.